The first-order valence-electron chi connectivity index (χ1n) is 13.7. The predicted molar refractivity (Wildman–Crippen MR) is 170 cm³/mol. The molecule has 1 radical (unpaired) electrons. The molecule has 5 aromatic carbocycles. The number of rotatable bonds is 3. The molecule has 0 fully saturated rings. The zero-order valence-electron chi connectivity index (χ0n) is 23.8. The third-order valence-electron chi connectivity index (χ3n) is 7.38. The minimum atomic E-state index is -0.208. The molecule has 0 saturated carbocycles. The molecule has 0 saturated heterocycles. The van der Waals surface area contributed by atoms with Crippen molar-refractivity contribution in [2.45, 2.75) is 20.8 Å². The van der Waals surface area contributed by atoms with Gasteiger partial charge >= 0.3 is 0 Å². The van der Waals surface area contributed by atoms with Gasteiger partial charge in [-0.3, -0.25) is 4.79 Å². The second kappa shape index (κ2) is 12.3. The van der Waals surface area contributed by atoms with Crippen molar-refractivity contribution >= 4 is 49.1 Å². The van der Waals surface area contributed by atoms with Crippen molar-refractivity contribution in [1.82, 2.24) is 9.97 Å². The molecule has 2 heterocycles. The molecule has 4 nitrogen and oxygen atoms in total. The Kier molecular flexibility index (Phi) is 8.54. The average Bonchev–Trinajstić information content (AvgIpc) is 3.37. The van der Waals surface area contributed by atoms with Crippen LogP contribution >= 0.6 is 0 Å². The van der Waals surface area contributed by atoms with Crippen molar-refractivity contribution in [3.63, 3.8) is 0 Å². The number of para-hydroxylation sites is 1. The Balaban J connectivity index is 0.000000415. The van der Waals surface area contributed by atoms with Gasteiger partial charge < -0.3 is 15.1 Å². The van der Waals surface area contributed by atoms with Gasteiger partial charge in [0.1, 0.15) is 5.82 Å². The fourth-order valence-electron chi connectivity index (χ4n) is 5.66. The van der Waals surface area contributed by atoms with Gasteiger partial charge in [0.25, 0.3) is 0 Å². The van der Waals surface area contributed by atoms with E-state index in [-0.39, 0.29) is 37.5 Å². The Morgan fingerprint density at radius 3 is 2.26 bits per heavy atom. The van der Waals surface area contributed by atoms with Crippen molar-refractivity contribution in [2.24, 2.45) is 0 Å². The largest absolute Gasteiger partial charge is 0.512 e. The zero-order valence-corrected chi connectivity index (χ0v) is 26.2. The van der Waals surface area contributed by atoms with E-state index < -0.39 is 0 Å². The SMILES string of the molecule is CC(=O)/C=C(/C)O.Cc1cnc(-c2[c-]ccc3c2[nH]c2c(-c4ccccc4)cccc23)c2ccc3c(F)cccc3c12.[Ir]. The van der Waals surface area contributed by atoms with Crippen LogP contribution in [0.25, 0.3) is 65.7 Å². The summed E-state index contributed by atoms with van der Waals surface area (Å²) >= 11 is 0. The molecule has 0 unspecified atom stereocenters. The van der Waals surface area contributed by atoms with Gasteiger partial charge in [0.05, 0.1) is 5.76 Å². The summed E-state index contributed by atoms with van der Waals surface area (Å²) in [4.78, 5) is 18.6. The van der Waals surface area contributed by atoms with Crippen LogP contribution in [0.3, 0.4) is 0 Å². The van der Waals surface area contributed by atoms with Gasteiger partial charge in [-0.15, -0.1) is 23.8 Å². The number of aromatic amines is 1. The van der Waals surface area contributed by atoms with E-state index in [2.05, 4.69) is 59.6 Å². The van der Waals surface area contributed by atoms with Crippen LogP contribution in [0.2, 0.25) is 0 Å². The summed E-state index contributed by atoms with van der Waals surface area (Å²) in [6, 6.07) is 33.5. The average molecular weight is 744 g/mol. The number of allylic oxidation sites excluding steroid dienone is 2. The number of carbonyl (C=O) groups excluding carboxylic acids is 1. The fourth-order valence-corrected chi connectivity index (χ4v) is 5.66. The van der Waals surface area contributed by atoms with E-state index >= 15 is 0 Å². The van der Waals surface area contributed by atoms with Crippen LogP contribution in [-0.2, 0) is 24.9 Å². The van der Waals surface area contributed by atoms with Crippen molar-refractivity contribution in [3.8, 4) is 22.4 Å². The number of halogens is 1. The van der Waals surface area contributed by atoms with Crippen molar-refractivity contribution in [3.05, 3.63) is 126 Å². The van der Waals surface area contributed by atoms with Crippen LogP contribution in [0, 0.1) is 18.8 Å². The number of aliphatic hydroxyl groups is 1. The van der Waals surface area contributed by atoms with E-state index in [1.165, 1.54) is 36.9 Å². The minimum Gasteiger partial charge on any atom is -0.512 e. The van der Waals surface area contributed by atoms with Crippen molar-refractivity contribution in [1.29, 1.82) is 0 Å². The Bertz CT molecular complexity index is 2160. The molecule has 7 rings (SSSR count). The molecule has 2 aromatic heterocycles. The number of hydrogen-bond acceptors (Lipinski definition) is 3. The molecule has 7 aromatic rings. The zero-order chi connectivity index (χ0) is 29.4. The minimum absolute atomic E-state index is 0. The smallest absolute Gasteiger partial charge is 0.155 e. The fraction of sp³-hybridized carbons (Fsp3) is 0.0811. The van der Waals surface area contributed by atoms with Gasteiger partial charge in [-0.25, -0.2) is 4.39 Å². The Morgan fingerprint density at radius 1 is 0.837 bits per heavy atom. The van der Waals surface area contributed by atoms with E-state index in [4.69, 9.17) is 10.1 Å². The third-order valence-corrected chi connectivity index (χ3v) is 7.38. The quantitative estimate of drug-likeness (QED) is 0.0821. The second-order valence-corrected chi connectivity index (χ2v) is 10.4. The number of aryl methyl sites for hydroxylation is 1. The molecule has 2 N–H and O–H groups in total. The third kappa shape index (κ3) is 5.60. The van der Waals surface area contributed by atoms with Crippen LogP contribution in [0.4, 0.5) is 4.39 Å². The van der Waals surface area contributed by atoms with Crippen LogP contribution in [0.15, 0.2) is 109 Å². The molecule has 6 heteroatoms. The summed E-state index contributed by atoms with van der Waals surface area (Å²) in [7, 11) is 0. The maximum absolute atomic E-state index is 14.5. The standard InChI is InChI=1S/C32H20FN2.C5H8O2.Ir/c1-19-18-34-30(26-17-16-22-23(29(19)26)11-7-15-28(22)33)27-14-6-13-25-24-12-5-10-21(31(24)35-32(25)27)20-8-3-2-4-9-20;1-4(6)3-5(2)7;/h2-13,15-18,35H,1H3;3,6H,1-2H3;/q-1;;/b;4-3-;. The first kappa shape index (κ1) is 29.8. The molecule has 43 heavy (non-hydrogen) atoms. The Morgan fingerprint density at radius 2 is 1.53 bits per heavy atom. The van der Waals surface area contributed by atoms with E-state index in [1.807, 2.05) is 43.5 Å². The van der Waals surface area contributed by atoms with E-state index in [0.717, 1.165) is 55.0 Å². The molecule has 215 valence electrons. The number of fused-ring (bicyclic) bond motifs is 6. The van der Waals surface area contributed by atoms with Crippen LogP contribution in [-0.4, -0.2) is 20.9 Å². The van der Waals surface area contributed by atoms with Crippen molar-refractivity contribution < 1.29 is 34.4 Å². The van der Waals surface area contributed by atoms with E-state index in [1.54, 1.807) is 6.07 Å². The maximum Gasteiger partial charge on any atom is 0.155 e. The molecule has 0 bridgehead atoms. The monoisotopic (exact) mass is 744 g/mol. The topological polar surface area (TPSA) is 66.0 Å². The molecule has 0 atom stereocenters. The summed E-state index contributed by atoms with van der Waals surface area (Å²) in [5, 5.41) is 14.2. The van der Waals surface area contributed by atoms with E-state index in [9.17, 15) is 9.18 Å². The number of hydrogen-bond donors (Lipinski definition) is 2. The molecule has 0 aliphatic rings. The number of nitrogens with one attached hydrogen (secondary N) is 1. The number of benzene rings is 5. The maximum atomic E-state index is 14.5. The summed E-state index contributed by atoms with van der Waals surface area (Å²) in [5.41, 5.74) is 7.21. The van der Waals surface area contributed by atoms with E-state index in [0.29, 0.717) is 5.39 Å². The van der Waals surface area contributed by atoms with Gasteiger partial charge in [0.2, 0.25) is 0 Å². The first-order chi connectivity index (χ1) is 20.3. The Labute approximate surface area is 262 Å². The Hall–Kier alpha value is -4.64. The van der Waals surface area contributed by atoms with Crippen molar-refractivity contribution in [2.75, 3.05) is 0 Å². The molecular weight excluding hydrogens is 716 g/mol. The van der Waals surface area contributed by atoms with Crippen LogP contribution in [0.5, 0.6) is 0 Å². The molecule has 0 aliphatic carbocycles. The normalized spacial score (nSPS) is 11.4. The first-order valence-corrected chi connectivity index (χ1v) is 13.7. The molecule has 0 aliphatic heterocycles. The van der Waals surface area contributed by atoms with Crippen LogP contribution in [0.1, 0.15) is 19.4 Å². The number of ketones is 1. The molecule has 0 spiro atoms. The molecular formula is C37H28FIrN2O2-. The number of carbonyl (C=O) groups is 1. The predicted octanol–water partition coefficient (Wildman–Crippen LogP) is 9.64. The summed E-state index contributed by atoms with van der Waals surface area (Å²) in [6.45, 7) is 4.88. The number of aliphatic hydroxyl groups excluding tert-OH is 1. The summed E-state index contributed by atoms with van der Waals surface area (Å²) < 4.78 is 14.5. The van der Waals surface area contributed by atoms with Gasteiger partial charge in [-0.2, -0.15) is 0 Å². The second-order valence-electron chi connectivity index (χ2n) is 10.4. The molecule has 0 amide bonds. The van der Waals surface area contributed by atoms with Gasteiger partial charge in [-0.05, 0) is 70.7 Å². The van der Waals surface area contributed by atoms with Crippen LogP contribution < -0.4 is 0 Å². The number of aromatic nitrogens is 2. The number of pyridine rings is 1. The summed E-state index contributed by atoms with van der Waals surface area (Å²) in [5.74, 6) is -0.271. The number of H-pyrrole nitrogens is 1. The van der Waals surface area contributed by atoms with Gasteiger partial charge in [-0.1, -0.05) is 78.2 Å². The van der Waals surface area contributed by atoms with Gasteiger partial charge in [0, 0.05) is 48.8 Å². The number of nitrogens with zero attached hydrogens (tertiary/aromatic N) is 1. The summed E-state index contributed by atoms with van der Waals surface area (Å²) in [6.07, 6.45) is 3.05. The van der Waals surface area contributed by atoms with Gasteiger partial charge in [0.15, 0.2) is 5.78 Å².